The van der Waals surface area contributed by atoms with Crippen molar-refractivity contribution in [1.29, 1.82) is 0 Å². The summed E-state index contributed by atoms with van der Waals surface area (Å²) in [5.74, 6) is -0.160. The molecule has 1 unspecified atom stereocenters. The largest absolute Gasteiger partial charge is 0.464 e. The number of carbonyl (C=O) groups is 1. The van der Waals surface area contributed by atoms with Crippen LogP contribution in [0.1, 0.15) is 18.9 Å². The third kappa shape index (κ3) is 3.09. The van der Waals surface area contributed by atoms with Crippen LogP contribution in [0.5, 0.6) is 0 Å². The van der Waals surface area contributed by atoms with Gasteiger partial charge < -0.3 is 10.1 Å². The summed E-state index contributed by atoms with van der Waals surface area (Å²) < 4.78 is 4.99. The highest BCUT2D eigenvalue weighted by molar-refractivity contribution is 5.77. The van der Waals surface area contributed by atoms with Gasteiger partial charge in [0.25, 0.3) is 0 Å². The molecule has 0 aliphatic carbocycles. The Kier molecular flexibility index (Phi) is 3.81. The number of nitrogens with one attached hydrogen (secondary N) is 1. The second kappa shape index (κ2) is 5.53. The van der Waals surface area contributed by atoms with Gasteiger partial charge in [0.2, 0.25) is 0 Å². The quantitative estimate of drug-likeness (QED) is 0.806. The van der Waals surface area contributed by atoms with Crippen LogP contribution in [0.2, 0.25) is 0 Å². The Labute approximate surface area is 101 Å². The molecule has 1 N–H and O–H groups in total. The summed E-state index contributed by atoms with van der Waals surface area (Å²) in [7, 11) is 0. The smallest absolute Gasteiger partial charge is 0.328 e. The fraction of sp³-hybridized carbons (Fsp3) is 0.357. The molecule has 1 aromatic carbocycles. The Morgan fingerprint density at radius 1 is 1.41 bits per heavy atom. The van der Waals surface area contributed by atoms with Crippen LogP contribution < -0.4 is 5.32 Å². The van der Waals surface area contributed by atoms with E-state index in [4.69, 9.17) is 4.74 Å². The van der Waals surface area contributed by atoms with E-state index in [0.717, 1.165) is 12.8 Å². The molecule has 1 aliphatic heterocycles. The number of hydrogen-bond acceptors (Lipinski definition) is 3. The van der Waals surface area contributed by atoms with E-state index in [1.165, 1.54) is 11.1 Å². The molecule has 1 aliphatic rings. The summed E-state index contributed by atoms with van der Waals surface area (Å²) in [5, 5.41) is 3.07. The second-order valence-electron chi connectivity index (χ2n) is 4.14. The Balaban J connectivity index is 1.88. The summed E-state index contributed by atoms with van der Waals surface area (Å²) >= 11 is 0. The van der Waals surface area contributed by atoms with Crippen LogP contribution in [-0.4, -0.2) is 18.6 Å². The third-order valence-electron chi connectivity index (χ3n) is 2.80. The normalized spacial score (nSPS) is 18.4. The molecule has 0 spiro atoms. The van der Waals surface area contributed by atoms with Crippen molar-refractivity contribution in [2.45, 2.75) is 25.8 Å². The molecule has 0 saturated heterocycles. The number of ether oxygens (including phenoxy) is 1. The van der Waals surface area contributed by atoms with Crippen LogP contribution in [0.15, 0.2) is 42.1 Å². The predicted molar refractivity (Wildman–Crippen MR) is 66.4 cm³/mol. The average molecular weight is 231 g/mol. The standard InChI is InChI=1S/C14H17NO2/c1-2-17-14(16)13-9-12(10-15-13)8-11-6-4-3-5-7-11/h3-7,10,13,15H,2,8-9H2,1H3. The van der Waals surface area contributed by atoms with Crippen LogP contribution in [0.25, 0.3) is 0 Å². The zero-order valence-corrected chi connectivity index (χ0v) is 9.98. The van der Waals surface area contributed by atoms with Crippen LogP contribution in [0, 0.1) is 0 Å². The molecule has 90 valence electrons. The molecule has 1 aromatic rings. The topological polar surface area (TPSA) is 38.3 Å². The Morgan fingerprint density at radius 2 is 2.18 bits per heavy atom. The predicted octanol–water partition coefficient (Wildman–Crippen LogP) is 2.04. The van der Waals surface area contributed by atoms with Crippen molar-refractivity contribution in [1.82, 2.24) is 5.32 Å². The monoisotopic (exact) mass is 231 g/mol. The van der Waals surface area contributed by atoms with Crippen LogP contribution in [-0.2, 0) is 16.0 Å². The van der Waals surface area contributed by atoms with Gasteiger partial charge in [-0.05, 0) is 30.7 Å². The fourth-order valence-electron chi connectivity index (χ4n) is 1.97. The molecule has 0 radical (unpaired) electrons. The average Bonchev–Trinajstić information content (AvgIpc) is 2.79. The summed E-state index contributed by atoms with van der Waals surface area (Å²) in [5.41, 5.74) is 2.51. The molecule has 0 saturated carbocycles. The first kappa shape index (κ1) is 11.7. The summed E-state index contributed by atoms with van der Waals surface area (Å²) in [6, 6.07) is 10.1. The van der Waals surface area contributed by atoms with Gasteiger partial charge in [-0.3, -0.25) is 0 Å². The van der Waals surface area contributed by atoms with E-state index in [1.807, 2.05) is 31.3 Å². The van der Waals surface area contributed by atoms with Gasteiger partial charge in [-0.2, -0.15) is 0 Å². The maximum atomic E-state index is 11.5. The lowest BCUT2D eigenvalue weighted by atomic mass is 10.0. The van der Waals surface area contributed by atoms with Crippen LogP contribution in [0.3, 0.4) is 0 Å². The third-order valence-corrected chi connectivity index (χ3v) is 2.80. The zero-order chi connectivity index (χ0) is 12.1. The molecule has 0 amide bonds. The van der Waals surface area contributed by atoms with Gasteiger partial charge >= 0.3 is 5.97 Å². The molecule has 3 heteroatoms. The van der Waals surface area contributed by atoms with E-state index in [-0.39, 0.29) is 12.0 Å². The lowest BCUT2D eigenvalue weighted by Gasteiger charge is -2.09. The van der Waals surface area contributed by atoms with E-state index >= 15 is 0 Å². The molecule has 0 fully saturated rings. The lowest BCUT2D eigenvalue weighted by Crippen LogP contribution is -2.31. The van der Waals surface area contributed by atoms with Crippen LogP contribution in [0.4, 0.5) is 0 Å². The maximum absolute atomic E-state index is 11.5. The second-order valence-corrected chi connectivity index (χ2v) is 4.14. The van der Waals surface area contributed by atoms with Gasteiger partial charge in [-0.15, -0.1) is 0 Å². The molecule has 2 rings (SSSR count). The SMILES string of the molecule is CCOC(=O)C1CC(Cc2ccccc2)=CN1. The highest BCUT2D eigenvalue weighted by Crippen LogP contribution is 2.18. The zero-order valence-electron chi connectivity index (χ0n) is 9.98. The number of hydrogen-bond donors (Lipinski definition) is 1. The molecule has 0 bridgehead atoms. The van der Waals surface area contributed by atoms with Gasteiger partial charge in [0, 0.05) is 6.42 Å². The van der Waals surface area contributed by atoms with E-state index in [0.29, 0.717) is 6.61 Å². The summed E-state index contributed by atoms with van der Waals surface area (Å²) in [4.78, 5) is 11.5. The van der Waals surface area contributed by atoms with Gasteiger partial charge in [-0.25, -0.2) is 4.79 Å². The van der Waals surface area contributed by atoms with E-state index in [9.17, 15) is 4.79 Å². The minimum Gasteiger partial charge on any atom is -0.464 e. The number of esters is 1. The first-order valence-corrected chi connectivity index (χ1v) is 5.94. The summed E-state index contributed by atoms with van der Waals surface area (Å²) in [6.07, 6.45) is 3.58. The first-order valence-electron chi connectivity index (χ1n) is 5.94. The van der Waals surface area contributed by atoms with Crippen molar-refractivity contribution in [2.75, 3.05) is 6.61 Å². The van der Waals surface area contributed by atoms with Gasteiger partial charge in [-0.1, -0.05) is 30.3 Å². The van der Waals surface area contributed by atoms with Crippen molar-refractivity contribution in [3.63, 3.8) is 0 Å². The molecule has 1 atom stereocenters. The molecular formula is C14H17NO2. The van der Waals surface area contributed by atoms with Crippen molar-refractivity contribution in [2.24, 2.45) is 0 Å². The minimum absolute atomic E-state index is 0.160. The van der Waals surface area contributed by atoms with Gasteiger partial charge in [0.1, 0.15) is 6.04 Å². The molecule has 0 aromatic heterocycles. The van der Waals surface area contributed by atoms with Crippen molar-refractivity contribution >= 4 is 5.97 Å². The Bertz CT molecular complexity index is 411. The lowest BCUT2D eigenvalue weighted by molar-refractivity contribution is -0.145. The highest BCUT2D eigenvalue weighted by Gasteiger charge is 2.24. The molecule has 3 nitrogen and oxygen atoms in total. The van der Waals surface area contributed by atoms with E-state index < -0.39 is 0 Å². The van der Waals surface area contributed by atoms with Crippen LogP contribution >= 0.6 is 0 Å². The van der Waals surface area contributed by atoms with Crippen molar-refractivity contribution in [3.8, 4) is 0 Å². The molecule has 17 heavy (non-hydrogen) atoms. The highest BCUT2D eigenvalue weighted by atomic mass is 16.5. The number of benzene rings is 1. The van der Waals surface area contributed by atoms with E-state index in [1.54, 1.807) is 0 Å². The summed E-state index contributed by atoms with van der Waals surface area (Å²) in [6.45, 7) is 2.26. The minimum atomic E-state index is -0.200. The number of carbonyl (C=O) groups excluding carboxylic acids is 1. The van der Waals surface area contributed by atoms with Gasteiger partial charge in [0.05, 0.1) is 6.61 Å². The fourth-order valence-corrected chi connectivity index (χ4v) is 1.97. The van der Waals surface area contributed by atoms with Crippen molar-refractivity contribution < 1.29 is 9.53 Å². The maximum Gasteiger partial charge on any atom is 0.328 e. The van der Waals surface area contributed by atoms with Crippen molar-refractivity contribution in [3.05, 3.63) is 47.7 Å². The molecule has 1 heterocycles. The molecular weight excluding hydrogens is 214 g/mol. The number of rotatable bonds is 4. The first-order chi connectivity index (χ1) is 8.29. The Hall–Kier alpha value is -1.77. The van der Waals surface area contributed by atoms with Gasteiger partial charge in [0.15, 0.2) is 0 Å². The Morgan fingerprint density at radius 3 is 2.88 bits per heavy atom. The van der Waals surface area contributed by atoms with E-state index in [2.05, 4.69) is 17.4 Å².